The molecular formula is C15H17N3O. The van der Waals surface area contributed by atoms with Crippen LogP contribution in [-0.2, 0) is 0 Å². The molecule has 0 amide bonds. The van der Waals surface area contributed by atoms with E-state index in [-0.39, 0.29) is 0 Å². The number of allylic oxidation sites excluding steroid dienone is 1. The van der Waals surface area contributed by atoms with Crippen LogP contribution >= 0.6 is 0 Å². The molecule has 0 saturated heterocycles. The number of rotatable bonds is 3. The summed E-state index contributed by atoms with van der Waals surface area (Å²) in [6.07, 6.45) is 7.54. The molecule has 3 rings (SSSR count). The van der Waals surface area contributed by atoms with Crippen LogP contribution in [0.15, 0.2) is 48.2 Å². The Labute approximate surface area is 112 Å². The van der Waals surface area contributed by atoms with Gasteiger partial charge in [-0.25, -0.2) is 0 Å². The molecule has 98 valence electrons. The number of aliphatic hydroxyl groups is 1. The van der Waals surface area contributed by atoms with E-state index in [2.05, 4.69) is 16.3 Å². The molecule has 1 heterocycles. The predicted octanol–water partition coefficient (Wildman–Crippen LogP) is 2.80. The Morgan fingerprint density at radius 2 is 2.00 bits per heavy atom. The van der Waals surface area contributed by atoms with E-state index in [1.807, 2.05) is 30.3 Å². The van der Waals surface area contributed by atoms with Crippen molar-refractivity contribution in [2.75, 3.05) is 0 Å². The van der Waals surface area contributed by atoms with Crippen LogP contribution in [0.2, 0.25) is 0 Å². The molecular weight excluding hydrogens is 238 g/mol. The van der Waals surface area contributed by atoms with Gasteiger partial charge >= 0.3 is 0 Å². The summed E-state index contributed by atoms with van der Waals surface area (Å²) in [5.41, 5.74) is 2.60. The van der Waals surface area contributed by atoms with Gasteiger partial charge in [0, 0.05) is 0 Å². The molecule has 0 aliphatic heterocycles. The fourth-order valence-electron chi connectivity index (χ4n) is 2.39. The molecule has 0 saturated carbocycles. The van der Waals surface area contributed by atoms with Crippen LogP contribution in [0.1, 0.15) is 37.5 Å². The summed E-state index contributed by atoms with van der Waals surface area (Å²) in [7, 11) is 0. The van der Waals surface area contributed by atoms with Gasteiger partial charge in [0.1, 0.15) is 11.8 Å². The largest absolute Gasteiger partial charge is 0.382 e. The first-order valence-corrected chi connectivity index (χ1v) is 6.69. The first kappa shape index (κ1) is 12.1. The molecule has 1 aliphatic carbocycles. The number of nitrogens with zero attached hydrogens (tertiary/aromatic N) is 3. The minimum atomic E-state index is -0.613. The molecule has 1 unspecified atom stereocenters. The molecule has 1 N–H and O–H groups in total. The number of para-hydroxylation sites is 1. The summed E-state index contributed by atoms with van der Waals surface area (Å²) < 4.78 is 0. The highest BCUT2D eigenvalue weighted by molar-refractivity contribution is 5.29. The third-order valence-electron chi connectivity index (χ3n) is 3.45. The van der Waals surface area contributed by atoms with E-state index in [0.717, 1.165) is 30.5 Å². The highest BCUT2D eigenvalue weighted by atomic mass is 16.3. The van der Waals surface area contributed by atoms with Crippen molar-refractivity contribution in [3.05, 3.63) is 53.9 Å². The number of hydrogen-bond acceptors (Lipinski definition) is 3. The topological polar surface area (TPSA) is 50.9 Å². The van der Waals surface area contributed by atoms with Crippen molar-refractivity contribution >= 4 is 0 Å². The second-order valence-electron chi connectivity index (χ2n) is 4.82. The lowest BCUT2D eigenvalue weighted by atomic mass is 9.94. The summed E-state index contributed by atoms with van der Waals surface area (Å²) >= 11 is 0. The van der Waals surface area contributed by atoms with Crippen molar-refractivity contribution in [2.24, 2.45) is 0 Å². The lowest BCUT2D eigenvalue weighted by Crippen LogP contribution is -2.06. The van der Waals surface area contributed by atoms with Crippen molar-refractivity contribution in [3.8, 4) is 5.69 Å². The number of aliphatic hydroxyl groups excluding tert-OH is 1. The zero-order chi connectivity index (χ0) is 13.1. The molecule has 1 aromatic heterocycles. The summed E-state index contributed by atoms with van der Waals surface area (Å²) in [6, 6.07) is 9.72. The van der Waals surface area contributed by atoms with Gasteiger partial charge in [-0.15, -0.1) is 0 Å². The van der Waals surface area contributed by atoms with Gasteiger partial charge < -0.3 is 5.11 Å². The van der Waals surface area contributed by atoms with Gasteiger partial charge in [-0.2, -0.15) is 15.0 Å². The van der Waals surface area contributed by atoms with Crippen LogP contribution in [0.3, 0.4) is 0 Å². The highest BCUT2D eigenvalue weighted by Crippen LogP contribution is 2.28. The Hall–Kier alpha value is -1.94. The summed E-state index contributed by atoms with van der Waals surface area (Å²) in [5, 5.41) is 18.9. The molecule has 4 heteroatoms. The van der Waals surface area contributed by atoms with Crippen LogP contribution in [-0.4, -0.2) is 20.1 Å². The van der Waals surface area contributed by atoms with Crippen LogP contribution < -0.4 is 0 Å². The third kappa shape index (κ3) is 2.58. The minimum Gasteiger partial charge on any atom is -0.382 e. The average molecular weight is 255 g/mol. The van der Waals surface area contributed by atoms with Crippen molar-refractivity contribution in [2.45, 2.75) is 31.8 Å². The maximum atomic E-state index is 10.3. The van der Waals surface area contributed by atoms with E-state index in [1.165, 1.54) is 6.42 Å². The number of aromatic nitrogens is 3. The number of hydrogen-bond donors (Lipinski definition) is 1. The third-order valence-corrected chi connectivity index (χ3v) is 3.45. The van der Waals surface area contributed by atoms with Crippen molar-refractivity contribution in [1.29, 1.82) is 0 Å². The normalized spacial score (nSPS) is 17.0. The standard InChI is InChI=1S/C15H17N3O/c19-15(12-7-3-1-4-8-12)14-11-16-18(17-14)13-9-5-2-6-10-13/h2,5-7,9-11,15,19H,1,3-4,8H2. The van der Waals surface area contributed by atoms with Gasteiger partial charge in [-0.1, -0.05) is 24.3 Å². The predicted molar refractivity (Wildman–Crippen MR) is 72.9 cm³/mol. The van der Waals surface area contributed by atoms with E-state index in [4.69, 9.17) is 0 Å². The Morgan fingerprint density at radius 3 is 2.74 bits per heavy atom. The summed E-state index contributed by atoms with van der Waals surface area (Å²) in [5.74, 6) is 0. The maximum absolute atomic E-state index is 10.3. The van der Waals surface area contributed by atoms with Crippen molar-refractivity contribution < 1.29 is 5.11 Å². The van der Waals surface area contributed by atoms with E-state index < -0.39 is 6.10 Å². The zero-order valence-electron chi connectivity index (χ0n) is 10.7. The number of benzene rings is 1. The molecule has 19 heavy (non-hydrogen) atoms. The van der Waals surface area contributed by atoms with Gasteiger partial charge in [-0.05, 0) is 43.4 Å². The maximum Gasteiger partial charge on any atom is 0.120 e. The average Bonchev–Trinajstić information content (AvgIpc) is 2.98. The monoisotopic (exact) mass is 255 g/mol. The molecule has 0 radical (unpaired) electrons. The fourth-order valence-corrected chi connectivity index (χ4v) is 2.39. The molecule has 1 aromatic carbocycles. The quantitative estimate of drug-likeness (QED) is 0.858. The Balaban J connectivity index is 1.83. The van der Waals surface area contributed by atoms with Crippen LogP contribution in [0, 0.1) is 0 Å². The van der Waals surface area contributed by atoms with Gasteiger partial charge in [0.15, 0.2) is 0 Å². The van der Waals surface area contributed by atoms with Crippen molar-refractivity contribution in [3.63, 3.8) is 0 Å². The molecule has 1 atom stereocenters. The van der Waals surface area contributed by atoms with Crippen LogP contribution in [0.5, 0.6) is 0 Å². The van der Waals surface area contributed by atoms with E-state index in [9.17, 15) is 5.11 Å². The highest BCUT2D eigenvalue weighted by Gasteiger charge is 2.18. The van der Waals surface area contributed by atoms with Gasteiger partial charge in [0.25, 0.3) is 0 Å². The lowest BCUT2D eigenvalue weighted by molar-refractivity contribution is 0.203. The fraction of sp³-hybridized carbons (Fsp3) is 0.333. The smallest absolute Gasteiger partial charge is 0.120 e. The van der Waals surface area contributed by atoms with Crippen LogP contribution in [0.4, 0.5) is 0 Å². The molecule has 1 aliphatic rings. The van der Waals surface area contributed by atoms with Crippen LogP contribution in [0.25, 0.3) is 5.69 Å². The van der Waals surface area contributed by atoms with Gasteiger partial charge in [0.2, 0.25) is 0 Å². The summed E-state index contributed by atoms with van der Waals surface area (Å²) in [6.45, 7) is 0. The second kappa shape index (κ2) is 5.36. The SMILES string of the molecule is OC(C1=CCCCC1)c1cnn(-c2ccccc2)n1. The first-order chi connectivity index (χ1) is 9.34. The summed E-state index contributed by atoms with van der Waals surface area (Å²) in [4.78, 5) is 1.56. The lowest BCUT2D eigenvalue weighted by Gasteiger charge is -2.16. The minimum absolute atomic E-state index is 0.613. The Morgan fingerprint density at radius 1 is 1.16 bits per heavy atom. The Bertz CT molecular complexity index is 574. The molecule has 0 bridgehead atoms. The molecule has 2 aromatic rings. The second-order valence-corrected chi connectivity index (χ2v) is 4.82. The van der Waals surface area contributed by atoms with Crippen molar-refractivity contribution in [1.82, 2.24) is 15.0 Å². The molecule has 0 spiro atoms. The van der Waals surface area contributed by atoms with E-state index in [1.54, 1.807) is 11.0 Å². The zero-order valence-corrected chi connectivity index (χ0v) is 10.7. The first-order valence-electron chi connectivity index (χ1n) is 6.69. The molecule has 4 nitrogen and oxygen atoms in total. The van der Waals surface area contributed by atoms with Gasteiger partial charge in [0.05, 0.1) is 11.9 Å². The van der Waals surface area contributed by atoms with E-state index in [0.29, 0.717) is 5.69 Å². The molecule has 0 fully saturated rings. The Kier molecular flexibility index (Phi) is 3.42. The van der Waals surface area contributed by atoms with E-state index >= 15 is 0 Å². The van der Waals surface area contributed by atoms with Gasteiger partial charge in [-0.3, -0.25) is 0 Å².